The number of carbonyl (C=O) groups excluding carboxylic acids is 2. The number of hydrogen-bond acceptors (Lipinski definition) is 5. The minimum Gasteiger partial charge on any atom is -0.376 e. The van der Waals surface area contributed by atoms with Crippen molar-refractivity contribution in [3.8, 4) is 0 Å². The highest BCUT2D eigenvalue weighted by Gasteiger charge is 2.21. The fraction of sp³-hybridized carbons (Fsp3) is 0.160. The van der Waals surface area contributed by atoms with Crippen LogP contribution in [0.25, 0.3) is 10.2 Å². The number of benzene rings is 3. The van der Waals surface area contributed by atoms with E-state index in [1.165, 1.54) is 0 Å². The van der Waals surface area contributed by atoms with E-state index in [0.717, 1.165) is 15.2 Å². The standard InChI is InChI=1S/C25H24N4O2S/c1-17(25-28-21-14-8-9-15-22(21)32-25)29(2)23(30)16-26-20-13-7-6-12-19(20)24(31)27-18-10-4-3-5-11-18/h3-15,17,26H,16H2,1-2H3,(H,27,31)/t17-/m1/s1. The number of likely N-dealkylation sites (N-methyl/N-ethyl adjacent to an activating group) is 1. The van der Waals surface area contributed by atoms with Crippen LogP contribution in [0.15, 0.2) is 78.9 Å². The zero-order valence-electron chi connectivity index (χ0n) is 17.9. The molecule has 32 heavy (non-hydrogen) atoms. The van der Waals surface area contributed by atoms with Gasteiger partial charge in [-0.2, -0.15) is 0 Å². The minimum atomic E-state index is -0.233. The molecular formula is C25H24N4O2S. The van der Waals surface area contributed by atoms with Crippen LogP contribution in [0.4, 0.5) is 11.4 Å². The van der Waals surface area contributed by atoms with Crippen LogP contribution in [-0.4, -0.2) is 35.3 Å². The SMILES string of the molecule is C[C@H](c1nc2ccccc2s1)N(C)C(=O)CNc1ccccc1C(=O)Nc1ccccc1. The van der Waals surface area contributed by atoms with Crippen molar-refractivity contribution >= 4 is 44.7 Å². The second-order valence-electron chi connectivity index (χ2n) is 7.42. The van der Waals surface area contributed by atoms with Gasteiger partial charge in [0.1, 0.15) is 5.01 Å². The summed E-state index contributed by atoms with van der Waals surface area (Å²) in [6.45, 7) is 2.04. The molecule has 0 radical (unpaired) electrons. The molecule has 162 valence electrons. The molecule has 0 spiro atoms. The van der Waals surface area contributed by atoms with E-state index in [-0.39, 0.29) is 24.4 Å². The number of nitrogens with zero attached hydrogens (tertiary/aromatic N) is 2. The van der Waals surface area contributed by atoms with Crippen molar-refractivity contribution in [3.05, 3.63) is 89.4 Å². The minimum absolute atomic E-state index is 0.0708. The van der Waals surface area contributed by atoms with Gasteiger partial charge < -0.3 is 15.5 Å². The number of aromatic nitrogens is 1. The van der Waals surface area contributed by atoms with E-state index in [9.17, 15) is 9.59 Å². The lowest BCUT2D eigenvalue weighted by Gasteiger charge is -2.24. The third kappa shape index (κ3) is 4.78. The molecule has 0 saturated carbocycles. The fourth-order valence-corrected chi connectivity index (χ4v) is 4.36. The van der Waals surface area contributed by atoms with Crippen molar-refractivity contribution in [2.45, 2.75) is 13.0 Å². The molecule has 4 rings (SSSR count). The number of para-hydroxylation sites is 3. The van der Waals surface area contributed by atoms with Crippen LogP contribution in [0.2, 0.25) is 0 Å². The summed E-state index contributed by atoms with van der Waals surface area (Å²) in [6, 6.07) is 24.2. The maximum Gasteiger partial charge on any atom is 0.257 e. The van der Waals surface area contributed by atoms with Crippen molar-refractivity contribution < 1.29 is 9.59 Å². The number of carbonyl (C=O) groups is 2. The van der Waals surface area contributed by atoms with Gasteiger partial charge in [0.05, 0.1) is 28.4 Å². The van der Waals surface area contributed by atoms with Gasteiger partial charge in [0, 0.05) is 18.4 Å². The average molecular weight is 445 g/mol. The van der Waals surface area contributed by atoms with Gasteiger partial charge in [-0.05, 0) is 43.3 Å². The van der Waals surface area contributed by atoms with Crippen LogP contribution < -0.4 is 10.6 Å². The first-order valence-corrected chi connectivity index (χ1v) is 11.1. The Hall–Kier alpha value is -3.71. The molecule has 1 aromatic heterocycles. The van der Waals surface area contributed by atoms with Gasteiger partial charge in [0.15, 0.2) is 0 Å². The predicted molar refractivity (Wildman–Crippen MR) is 130 cm³/mol. The molecule has 0 bridgehead atoms. The monoisotopic (exact) mass is 444 g/mol. The van der Waals surface area contributed by atoms with Crippen LogP contribution in [0.1, 0.15) is 28.3 Å². The maximum absolute atomic E-state index is 12.9. The first-order chi connectivity index (χ1) is 15.5. The van der Waals surface area contributed by atoms with Gasteiger partial charge in [0.2, 0.25) is 5.91 Å². The second kappa shape index (κ2) is 9.62. The maximum atomic E-state index is 12.9. The van der Waals surface area contributed by atoms with Gasteiger partial charge in [0.25, 0.3) is 5.91 Å². The lowest BCUT2D eigenvalue weighted by molar-refractivity contribution is -0.129. The van der Waals surface area contributed by atoms with Crippen molar-refractivity contribution in [1.29, 1.82) is 0 Å². The van der Waals surface area contributed by atoms with E-state index in [1.807, 2.05) is 67.6 Å². The molecule has 7 heteroatoms. The molecule has 0 unspecified atom stereocenters. The Labute approximate surface area is 190 Å². The summed E-state index contributed by atoms with van der Waals surface area (Å²) >= 11 is 1.59. The topological polar surface area (TPSA) is 74.3 Å². The van der Waals surface area contributed by atoms with Crippen LogP contribution >= 0.6 is 11.3 Å². The van der Waals surface area contributed by atoms with Crippen LogP contribution in [0.3, 0.4) is 0 Å². The Balaban J connectivity index is 1.41. The summed E-state index contributed by atoms with van der Waals surface area (Å²) < 4.78 is 1.10. The van der Waals surface area contributed by atoms with Crippen LogP contribution in [0, 0.1) is 0 Å². The summed E-state index contributed by atoms with van der Waals surface area (Å²) in [5.74, 6) is -0.321. The van der Waals surface area contributed by atoms with Crippen molar-refractivity contribution in [2.75, 3.05) is 24.2 Å². The number of amides is 2. The molecule has 6 nitrogen and oxygen atoms in total. The largest absolute Gasteiger partial charge is 0.376 e. The highest BCUT2D eigenvalue weighted by molar-refractivity contribution is 7.18. The number of nitrogens with one attached hydrogen (secondary N) is 2. The number of anilines is 2. The fourth-order valence-electron chi connectivity index (χ4n) is 3.30. The summed E-state index contributed by atoms with van der Waals surface area (Å²) in [4.78, 5) is 31.9. The average Bonchev–Trinajstić information content (AvgIpc) is 3.26. The molecular weight excluding hydrogens is 420 g/mol. The Bertz CT molecular complexity index is 1210. The van der Waals surface area contributed by atoms with Gasteiger partial charge in [-0.25, -0.2) is 4.98 Å². The van der Waals surface area contributed by atoms with E-state index < -0.39 is 0 Å². The Kier molecular flexibility index (Phi) is 6.47. The zero-order chi connectivity index (χ0) is 22.5. The van der Waals surface area contributed by atoms with Crippen molar-refractivity contribution in [2.24, 2.45) is 0 Å². The first kappa shape index (κ1) is 21.5. The quantitative estimate of drug-likeness (QED) is 0.412. The zero-order valence-corrected chi connectivity index (χ0v) is 18.7. The van der Waals surface area contributed by atoms with Gasteiger partial charge in [-0.3, -0.25) is 9.59 Å². The van der Waals surface area contributed by atoms with E-state index in [0.29, 0.717) is 16.9 Å². The molecule has 1 heterocycles. The first-order valence-electron chi connectivity index (χ1n) is 10.3. The number of rotatable bonds is 7. The van der Waals surface area contributed by atoms with Crippen LogP contribution in [-0.2, 0) is 4.79 Å². The predicted octanol–water partition coefficient (Wildman–Crippen LogP) is 5.18. The number of hydrogen-bond donors (Lipinski definition) is 2. The van der Waals surface area contributed by atoms with Gasteiger partial charge in [-0.1, -0.05) is 42.5 Å². The van der Waals surface area contributed by atoms with Crippen molar-refractivity contribution in [1.82, 2.24) is 9.88 Å². The molecule has 2 N–H and O–H groups in total. The van der Waals surface area contributed by atoms with Crippen molar-refractivity contribution in [3.63, 3.8) is 0 Å². The van der Waals surface area contributed by atoms with Gasteiger partial charge in [-0.15, -0.1) is 11.3 Å². The molecule has 0 fully saturated rings. The molecule has 0 saturated heterocycles. The second-order valence-corrected chi connectivity index (χ2v) is 8.48. The summed E-state index contributed by atoms with van der Waals surface area (Å²) in [6.07, 6.45) is 0. The molecule has 2 amide bonds. The van der Waals surface area contributed by atoms with E-state index in [4.69, 9.17) is 0 Å². The lowest BCUT2D eigenvalue weighted by atomic mass is 10.1. The molecule has 0 aliphatic rings. The third-order valence-electron chi connectivity index (χ3n) is 5.28. The molecule has 4 aromatic rings. The highest BCUT2D eigenvalue weighted by atomic mass is 32.1. The molecule has 0 aliphatic heterocycles. The van der Waals surface area contributed by atoms with E-state index >= 15 is 0 Å². The number of fused-ring (bicyclic) bond motifs is 1. The molecule has 0 aliphatic carbocycles. The molecule has 1 atom stereocenters. The normalized spacial score (nSPS) is 11.7. The lowest BCUT2D eigenvalue weighted by Crippen LogP contribution is -2.34. The van der Waals surface area contributed by atoms with Gasteiger partial charge >= 0.3 is 0 Å². The number of thiazole rings is 1. The molecule has 3 aromatic carbocycles. The highest BCUT2D eigenvalue weighted by Crippen LogP contribution is 2.29. The Morgan fingerprint density at radius 2 is 1.66 bits per heavy atom. The Morgan fingerprint density at radius 3 is 2.44 bits per heavy atom. The summed E-state index contributed by atoms with van der Waals surface area (Å²) in [5, 5.41) is 6.90. The Morgan fingerprint density at radius 1 is 0.969 bits per heavy atom. The third-order valence-corrected chi connectivity index (χ3v) is 6.48. The van der Waals surface area contributed by atoms with E-state index in [2.05, 4.69) is 15.6 Å². The van der Waals surface area contributed by atoms with E-state index in [1.54, 1.807) is 41.5 Å². The summed E-state index contributed by atoms with van der Waals surface area (Å²) in [5.41, 5.74) is 2.74. The summed E-state index contributed by atoms with van der Waals surface area (Å²) in [7, 11) is 1.77. The smallest absolute Gasteiger partial charge is 0.257 e. The van der Waals surface area contributed by atoms with Crippen LogP contribution in [0.5, 0.6) is 0 Å².